The van der Waals surface area contributed by atoms with E-state index in [1.165, 1.54) is 4.90 Å². The SMILES string of the molecule is CCNC(=O)[C@@H](C)N(Cc1ccc(Br)cc1)C(=O)CN(c1cccc(C)c1)S(C)(=O)=O. The maximum atomic E-state index is 13.3. The number of nitrogens with one attached hydrogen (secondary N) is 1. The van der Waals surface area contributed by atoms with Crippen LogP contribution in [0.4, 0.5) is 5.69 Å². The number of rotatable bonds is 9. The lowest BCUT2D eigenvalue weighted by atomic mass is 10.1. The quantitative estimate of drug-likeness (QED) is 0.562. The van der Waals surface area contributed by atoms with E-state index in [-0.39, 0.29) is 12.5 Å². The van der Waals surface area contributed by atoms with Crippen LogP contribution < -0.4 is 9.62 Å². The molecular formula is C22H28BrN3O4S. The van der Waals surface area contributed by atoms with Gasteiger partial charge in [0.15, 0.2) is 0 Å². The van der Waals surface area contributed by atoms with Gasteiger partial charge in [-0.3, -0.25) is 13.9 Å². The summed E-state index contributed by atoms with van der Waals surface area (Å²) in [6, 6.07) is 13.6. The minimum absolute atomic E-state index is 0.176. The molecule has 0 aliphatic rings. The molecule has 0 spiro atoms. The summed E-state index contributed by atoms with van der Waals surface area (Å²) >= 11 is 3.38. The number of hydrogen-bond donors (Lipinski definition) is 1. The summed E-state index contributed by atoms with van der Waals surface area (Å²) in [4.78, 5) is 27.2. The zero-order valence-electron chi connectivity index (χ0n) is 18.1. The van der Waals surface area contributed by atoms with Crippen LogP contribution in [-0.2, 0) is 26.2 Å². The molecule has 9 heteroatoms. The molecule has 0 radical (unpaired) electrons. The van der Waals surface area contributed by atoms with Crippen LogP contribution in [0.1, 0.15) is 25.0 Å². The van der Waals surface area contributed by atoms with Crippen LogP contribution in [0, 0.1) is 6.92 Å². The monoisotopic (exact) mass is 509 g/mol. The number of halogens is 1. The van der Waals surface area contributed by atoms with E-state index in [1.807, 2.05) is 37.3 Å². The smallest absolute Gasteiger partial charge is 0.244 e. The number of likely N-dealkylation sites (N-methyl/N-ethyl adjacent to an activating group) is 1. The van der Waals surface area contributed by atoms with Crippen LogP contribution in [0.2, 0.25) is 0 Å². The van der Waals surface area contributed by atoms with Gasteiger partial charge in [0.25, 0.3) is 0 Å². The number of nitrogens with zero attached hydrogens (tertiary/aromatic N) is 2. The Labute approximate surface area is 192 Å². The topological polar surface area (TPSA) is 86.8 Å². The second-order valence-electron chi connectivity index (χ2n) is 7.33. The minimum atomic E-state index is -3.72. The lowest BCUT2D eigenvalue weighted by Crippen LogP contribution is -2.51. The summed E-state index contributed by atoms with van der Waals surface area (Å²) in [5.74, 6) is -0.761. The van der Waals surface area contributed by atoms with E-state index in [9.17, 15) is 18.0 Å². The molecule has 0 saturated heterocycles. The highest BCUT2D eigenvalue weighted by Crippen LogP contribution is 2.20. The van der Waals surface area contributed by atoms with Gasteiger partial charge in [-0.2, -0.15) is 0 Å². The first-order chi connectivity index (χ1) is 14.5. The fourth-order valence-corrected chi connectivity index (χ4v) is 4.19. The summed E-state index contributed by atoms with van der Waals surface area (Å²) in [7, 11) is -3.72. The van der Waals surface area contributed by atoms with Crippen LogP contribution >= 0.6 is 15.9 Å². The molecule has 0 saturated carbocycles. The van der Waals surface area contributed by atoms with Gasteiger partial charge in [0, 0.05) is 17.6 Å². The van der Waals surface area contributed by atoms with Crippen LogP contribution in [0.15, 0.2) is 53.0 Å². The van der Waals surface area contributed by atoms with Crippen molar-refractivity contribution < 1.29 is 18.0 Å². The third kappa shape index (κ3) is 7.07. The van der Waals surface area contributed by atoms with Gasteiger partial charge in [-0.1, -0.05) is 40.2 Å². The minimum Gasteiger partial charge on any atom is -0.355 e. The van der Waals surface area contributed by atoms with Crippen molar-refractivity contribution in [2.24, 2.45) is 0 Å². The molecule has 0 unspecified atom stereocenters. The van der Waals surface area contributed by atoms with Crippen molar-refractivity contribution in [2.75, 3.05) is 23.7 Å². The third-order valence-corrected chi connectivity index (χ3v) is 6.42. The molecule has 2 aromatic carbocycles. The number of benzene rings is 2. The Morgan fingerprint density at radius 3 is 2.32 bits per heavy atom. The van der Waals surface area contributed by atoms with Crippen molar-refractivity contribution in [1.29, 1.82) is 0 Å². The van der Waals surface area contributed by atoms with Gasteiger partial charge in [0.1, 0.15) is 12.6 Å². The molecule has 0 aliphatic heterocycles. The average molecular weight is 510 g/mol. The van der Waals surface area contributed by atoms with Crippen LogP contribution in [-0.4, -0.2) is 50.5 Å². The van der Waals surface area contributed by atoms with E-state index in [4.69, 9.17) is 0 Å². The summed E-state index contributed by atoms with van der Waals surface area (Å²) in [6.07, 6.45) is 1.06. The standard InChI is InChI=1S/C22H28BrN3O4S/c1-5-24-22(28)17(3)25(14-18-9-11-19(23)12-10-18)21(27)15-26(31(4,29)30)20-8-6-7-16(2)13-20/h6-13,17H,5,14-15H2,1-4H3,(H,24,28)/t17-/m1/s1. The van der Waals surface area contributed by atoms with Crippen molar-refractivity contribution in [3.63, 3.8) is 0 Å². The fourth-order valence-electron chi connectivity index (χ4n) is 3.09. The molecule has 2 aromatic rings. The number of carbonyl (C=O) groups excluding carboxylic acids is 2. The van der Waals surface area contributed by atoms with E-state index in [0.717, 1.165) is 26.2 Å². The molecule has 0 aromatic heterocycles. The van der Waals surface area contributed by atoms with Crippen molar-refractivity contribution in [3.8, 4) is 0 Å². The summed E-state index contributed by atoms with van der Waals surface area (Å²) in [6.45, 7) is 5.50. The van der Waals surface area contributed by atoms with Gasteiger partial charge < -0.3 is 10.2 Å². The number of carbonyl (C=O) groups is 2. The highest BCUT2D eigenvalue weighted by Gasteiger charge is 2.29. The Morgan fingerprint density at radius 1 is 1.13 bits per heavy atom. The molecule has 7 nitrogen and oxygen atoms in total. The van der Waals surface area contributed by atoms with E-state index in [0.29, 0.717) is 12.2 Å². The van der Waals surface area contributed by atoms with Gasteiger partial charge in [0.05, 0.1) is 11.9 Å². The molecular weight excluding hydrogens is 482 g/mol. The normalized spacial score (nSPS) is 12.2. The van der Waals surface area contributed by atoms with Gasteiger partial charge in [0.2, 0.25) is 21.8 Å². The fraction of sp³-hybridized carbons (Fsp3) is 0.364. The highest BCUT2D eigenvalue weighted by molar-refractivity contribution is 9.10. The zero-order chi connectivity index (χ0) is 23.2. The van der Waals surface area contributed by atoms with Gasteiger partial charge in [-0.15, -0.1) is 0 Å². The molecule has 2 rings (SSSR count). The van der Waals surface area contributed by atoms with Crippen LogP contribution in [0.25, 0.3) is 0 Å². The first kappa shape index (κ1) is 24.9. The van der Waals surface area contributed by atoms with Gasteiger partial charge in [-0.25, -0.2) is 8.42 Å². The van der Waals surface area contributed by atoms with E-state index in [2.05, 4.69) is 21.2 Å². The largest absolute Gasteiger partial charge is 0.355 e. The molecule has 0 fully saturated rings. The summed E-state index contributed by atoms with van der Waals surface area (Å²) in [5.41, 5.74) is 2.11. The Balaban J connectivity index is 2.37. The van der Waals surface area contributed by atoms with E-state index in [1.54, 1.807) is 32.0 Å². The summed E-state index contributed by atoms with van der Waals surface area (Å²) in [5, 5.41) is 2.73. The highest BCUT2D eigenvalue weighted by atomic mass is 79.9. The predicted molar refractivity (Wildman–Crippen MR) is 126 cm³/mol. The van der Waals surface area contributed by atoms with Crippen molar-refractivity contribution in [2.45, 2.75) is 33.4 Å². The first-order valence-electron chi connectivity index (χ1n) is 9.89. The number of anilines is 1. The molecule has 0 heterocycles. The van der Waals surface area contributed by atoms with Gasteiger partial charge in [-0.05, 0) is 56.2 Å². The van der Waals surface area contributed by atoms with Gasteiger partial charge >= 0.3 is 0 Å². The van der Waals surface area contributed by atoms with Crippen molar-refractivity contribution in [3.05, 3.63) is 64.1 Å². The van der Waals surface area contributed by atoms with Crippen molar-refractivity contribution >= 4 is 43.5 Å². The third-order valence-electron chi connectivity index (χ3n) is 4.75. The molecule has 1 N–H and O–H groups in total. The number of sulfonamides is 1. The second-order valence-corrected chi connectivity index (χ2v) is 10.1. The predicted octanol–water partition coefficient (Wildman–Crippen LogP) is 3.08. The van der Waals surface area contributed by atoms with Crippen LogP contribution in [0.5, 0.6) is 0 Å². The second kappa shape index (κ2) is 10.8. The van der Waals surface area contributed by atoms with E-state index < -0.39 is 28.5 Å². The number of hydrogen-bond acceptors (Lipinski definition) is 4. The number of amides is 2. The Hall–Kier alpha value is -2.39. The molecule has 168 valence electrons. The molecule has 31 heavy (non-hydrogen) atoms. The molecule has 2 amide bonds. The maximum absolute atomic E-state index is 13.3. The molecule has 1 atom stereocenters. The average Bonchev–Trinajstić information content (AvgIpc) is 2.70. The number of aryl methyl sites for hydroxylation is 1. The lowest BCUT2D eigenvalue weighted by molar-refractivity contribution is -0.139. The van der Waals surface area contributed by atoms with Crippen molar-refractivity contribution in [1.82, 2.24) is 10.2 Å². The molecule has 0 aliphatic carbocycles. The van der Waals surface area contributed by atoms with E-state index >= 15 is 0 Å². The Morgan fingerprint density at radius 2 is 1.77 bits per heavy atom. The lowest BCUT2D eigenvalue weighted by Gasteiger charge is -2.31. The maximum Gasteiger partial charge on any atom is 0.244 e. The molecule has 0 bridgehead atoms. The zero-order valence-corrected chi connectivity index (χ0v) is 20.5. The summed E-state index contributed by atoms with van der Waals surface area (Å²) < 4.78 is 26.9. The Bertz CT molecular complexity index is 1030. The first-order valence-corrected chi connectivity index (χ1v) is 12.5. The Kier molecular flexibility index (Phi) is 8.64. The van der Waals surface area contributed by atoms with Crippen LogP contribution in [0.3, 0.4) is 0 Å².